The quantitative estimate of drug-likeness (QED) is 0.608. The van der Waals surface area contributed by atoms with Gasteiger partial charge >= 0.3 is 5.97 Å². The summed E-state index contributed by atoms with van der Waals surface area (Å²) in [5.41, 5.74) is 0.324. The Morgan fingerprint density at radius 1 is 1.08 bits per heavy atom. The van der Waals surface area contributed by atoms with Gasteiger partial charge in [-0.3, -0.25) is 14.4 Å². The number of hydrogen-bond donors (Lipinski definition) is 0. The molecular formula is C19H15F2NO4. The van der Waals surface area contributed by atoms with Gasteiger partial charge in [0.1, 0.15) is 11.6 Å². The number of benzene rings is 2. The Bertz CT molecular complexity index is 851. The third kappa shape index (κ3) is 3.77. The van der Waals surface area contributed by atoms with Gasteiger partial charge in [0, 0.05) is 18.5 Å². The molecule has 0 unspecified atom stereocenters. The van der Waals surface area contributed by atoms with E-state index in [-0.39, 0.29) is 30.1 Å². The Kier molecular flexibility index (Phi) is 5.06. The summed E-state index contributed by atoms with van der Waals surface area (Å²) in [4.78, 5) is 37.4. The van der Waals surface area contributed by atoms with Crippen LogP contribution in [0.2, 0.25) is 0 Å². The highest BCUT2D eigenvalue weighted by atomic mass is 19.1. The zero-order chi connectivity index (χ0) is 18.7. The van der Waals surface area contributed by atoms with Crippen LogP contribution in [-0.2, 0) is 14.3 Å². The van der Waals surface area contributed by atoms with Crippen molar-refractivity contribution in [2.75, 3.05) is 18.1 Å². The largest absolute Gasteiger partial charge is 0.457 e. The van der Waals surface area contributed by atoms with Crippen LogP contribution in [0.25, 0.3) is 0 Å². The van der Waals surface area contributed by atoms with Crippen LogP contribution < -0.4 is 4.90 Å². The number of hydrogen-bond acceptors (Lipinski definition) is 4. The van der Waals surface area contributed by atoms with Gasteiger partial charge < -0.3 is 9.64 Å². The fraction of sp³-hybridized carbons (Fsp3) is 0.211. The lowest BCUT2D eigenvalue weighted by Crippen LogP contribution is -2.27. The molecule has 1 fully saturated rings. The standard InChI is InChI=1S/C19H15F2NO4/c20-14-7-5-12(6-8-14)17(23)11-26-19(25)13-9-18(24)22(10-13)16-4-2-1-3-15(16)21/h1-8,13H,9-11H2/t13-/m1/s1. The molecule has 26 heavy (non-hydrogen) atoms. The number of Topliss-reactive ketones (excluding diaryl/α,β-unsaturated/α-hetero) is 1. The van der Waals surface area contributed by atoms with E-state index in [1.54, 1.807) is 6.07 Å². The van der Waals surface area contributed by atoms with Gasteiger partial charge in [-0.05, 0) is 36.4 Å². The van der Waals surface area contributed by atoms with Crippen LogP contribution in [0.4, 0.5) is 14.5 Å². The van der Waals surface area contributed by atoms with Crippen molar-refractivity contribution in [2.45, 2.75) is 6.42 Å². The number of ether oxygens (including phenoxy) is 1. The molecule has 1 heterocycles. The van der Waals surface area contributed by atoms with Crippen LogP contribution in [0.5, 0.6) is 0 Å². The summed E-state index contributed by atoms with van der Waals surface area (Å²) in [6.07, 6.45) is -0.113. The fourth-order valence-corrected chi connectivity index (χ4v) is 2.74. The Morgan fingerprint density at radius 2 is 1.77 bits per heavy atom. The molecule has 3 rings (SSSR count). The summed E-state index contributed by atoms with van der Waals surface area (Å²) in [6.45, 7) is -0.516. The zero-order valence-corrected chi connectivity index (χ0v) is 13.7. The van der Waals surface area contributed by atoms with E-state index >= 15 is 0 Å². The van der Waals surface area contributed by atoms with Crippen LogP contribution in [0.1, 0.15) is 16.8 Å². The van der Waals surface area contributed by atoms with Crippen LogP contribution in [0.15, 0.2) is 48.5 Å². The molecule has 2 aromatic carbocycles. The number of anilines is 1. The van der Waals surface area contributed by atoms with Crippen molar-refractivity contribution in [2.24, 2.45) is 5.92 Å². The molecule has 1 atom stereocenters. The minimum absolute atomic E-state index is 0.0106. The topological polar surface area (TPSA) is 63.7 Å². The van der Waals surface area contributed by atoms with Crippen molar-refractivity contribution in [1.82, 2.24) is 0 Å². The number of carbonyl (C=O) groups is 3. The van der Waals surface area contributed by atoms with Gasteiger partial charge in [-0.2, -0.15) is 0 Å². The van der Waals surface area contributed by atoms with Crippen LogP contribution >= 0.6 is 0 Å². The SMILES string of the molecule is O=C(COC(=O)[C@@H]1CC(=O)N(c2ccccc2F)C1)c1ccc(F)cc1. The number of halogens is 2. The second kappa shape index (κ2) is 7.43. The summed E-state index contributed by atoms with van der Waals surface area (Å²) >= 11 is 0. The van der Waals surface area contributed by atoms with E-state index in [1.165, 1.54) is 35.2 Å². The monoisotopic (exact) mass is 359 g/mol. The van der Waals surface area contributed by atoms with Gasteiger partial charge in [0.05, 0.1) is 11.6 Å². The lowest BCUT2D eigenvalue weighted by molar-refractivity contribution is -0.147. The third-order valence-corrected chi connectivity index (χ3v) is 4.11. The molecule has 1 saturated heterocycles. The molecule has 0 radical (unpaired) electrons. The maximum Gasteiger partial charge on any atom is 0.311 e. The summed E-state index contributed by atoms with van der Waals surface area (Å²) < 4.78 is 31.7. The first-order valence-electron chi connectivity index (χ1n) is 7.96. The number of esters is 1. The Labute approximate surface area is 148 Å². The fourth-order valence-electron chi connectivity index (χ4n) is 2.74. The highest BCUT2D eigenvalue weighted by molar-refractivity contribution is 6.01. The van der Waals surface area contributed by atoms with Crippen molar-refractivity contribution >= 4 is 23.3 Å². The van der Waals surface area contributed by atoms with E-state index in [9.17, 15) is 23.2 Å². The van der Waals surface area contributed by atoms with Crippen molar-refractivity contribution < 1.29 is 27.9 Å². The van der Waals surface area contributed by atoms with Crippen molar-refractivity contribution in [1.29, 1.82) is 0 Å². The van der Waals surface area contributed by atoms with Crippen molar-refractivity contribution in [3.63, 3.8) is 0 Å². The molecule has 1 aliphatic rings. The summed E-state index contributed by atoms with van der Waals surface area (Å²) in [6, 6.07) is 10.7. The number of rotatable bonds is 5. The van der Waals surface area contributed by atoms with Gasteiger partial charge in [-0.15, -0.1) is 0 Å². The first-order chi connectivity index (χ1) is 12.5. The molecule has 0 aromatic heterocycles. The predicted molar refractivity (Wildman–Crippen MR) is 88.5 cm³/mol. The van der Waals surface area contributed by atoms with E-state index in [1.807, 2.05) is 0 Å². The van der Waals surface area contributed by atoms with Gasteiger partial charge in [0.2, 0.25) is 5.91 Å². The van der Waals surface area contributed by atoms with Gasteiger partial charge in [-0.1, -0.05) is 12.1 Å². The average Bonchev–Trinajstić information content (AvgIpc) is 3.02. The lowest BCUT2D eigenvalue weighted by atomic mass is 10.1. The zero-order valence-electron chi connectivity index (χ0n) is 13.7. The number of carbonyl (C=O) groups excluding carboxylic acids is 3. The van der Waals surface area contributed by atoms with E-state index < -0.39 is 35.9 Å². The molecular weight excluding hydrogens is 344 g/mol. The molecule has 0 bridgehead atoms. The van der Waals surface area contributed by atoms with E-state index in [4.69, 9.17) is 4.74 Å². The van der Waals surface area contributed by atoms with Gasteiger partial charge in [0.25, 0.3) is 0 Å². The summed E-state index contributed by atoms with van der Waals surface area (Å²) in [7, 11) is 0. The second-order valence-corrected chi connectivity index (χ2v) is 5.89. The third-order valence-electron chi connectivity index (χ3n) is 4.11. The van der Waals surface area contributed by atoms with Crippen LogP contribution in [0, 0.1) is 17.6 Å². The lowest BCUT2D eigenvalue weighted by Gasteiger charge is -2.17. The molecule has 134 valence electrons. The van der Waals surface area contributed by atoms with E-state index in [0.717, 1.165) is 12.1 Å². The van der Waals surface area contributed by atoms with E-state index in [0.29, 0.717) is 0 Å². The highest BCUT2D eigenvalue weighted by Crippen LogP contribution is 2.27. The van der Waals surface area contributed by atoms with Gasteiger partial charge in [-0.25, -0.2) is 8.78 Å². The van der Waals surface area contributed by atoms with Gasteiger partial charge in [0.15, 0.2) is 12.4 Å². The normalized spacial score (nSPS) is 16.6. The molecule has 5 nitrogen and oxygen atoms in total. The number of amides is 1. The maximum atomic E-state index is 13.8. The Balaban J connectivity index is 1.59. The highest BCUT2D eigenvalue weighted by Gasteiger charge is 2.37. The minimum atomic E-state index is -0.775. The molecule has 1 amide bonds. The molecule has 0 aliphatic carbocycles. The summed E-state index contributed by atoms with van der Waals surface area (Å²) in [5.74, 6) is -3.37. The Morgan fingerprint density at radius 3 is 2.46 bits per heavy atom. The number of ketones is 1. The second-order valence-electron chi connectivity index (χ2n) is 5.89. The maximum absolute atomic E-state index is 13.8. The van der Waals surface area contributed by atoms with Crippen molar-refractivity contribution in [3.05, 3.63) is 65.7 Å². The first-order valence-corrected chi connectivity index (χ1v) is 7.96. The molecule has 0 N–H and O–H groups in total. The number of nitrogens with zero attached hydrogens (tertiary/aromatic N) is 1. The van der Waals surface area contributed by atoms with E-state index in [2.05, 4.69) is 0 Å². The molecule has 0 saturated carbocycles. The minimum Gasteiger partial charge on any atom is -0.457 e. The Hall–Kier alpha value is -3.09. The molecule has 2 aromatic rings. The smallest absolute Gasteiger partial charge is 0.311 e. The summed E-state index contributed by atoms with van der Waals surface area (Å²) in [5, 5.41) is 0. The number of para-hydroxylation sites is 1. The molecule has 7 heteroatoms. The average molecular weight is 359 g/mol. The molecule has 1 aliphatic heterocycles. The molecule has 0 spiro atoms. The first kappa shape index (κ1) is 17.7. The van der Waals surface area contributed by atoms with Crippen molar-refractivity contribution in [3.8, 4) is 0 Å². The van der Waals surface area contributed by atoms with Crippen LogP contribution in [-0.4, -0.2) is 30.8 Å². The van der Waals surface area contributed by atoms with Crippen LogP contribution in [0.3, 0.4) is 0 Å². The predicted octanol–water partition coefficient (Wildman–Crippen LogP) is 2.74.